The lowest BCUT2D eigenvalue weighted by Gasteiger charge is -2.34. The first-order valence-corrected chi connectivity index (χ1v) is 9.14. The molecule has 0 atom stereocenters. The molecule has 0 aliphatic carbocycles. The molecule has 1 heterocycles. The van der Waals surface area contributed by atoms with Crippen LogP contribution in [0.4, 0.5) is 14.9 Å². The molecular weight excluding hydrogens is 377 g/mol. The zero-order valence-corrected chi connectivity index (χ0v) is 16.2. The van der Waals surface area contributed by atoms with Gasteiger partial charge in [-0.25, -0.2) is 9.18 Å². The van der Waals surface area contributed by atoms with E-state index in [1.54, 1.807) is 16.7 Å². The average Bonchev–Trinajstić information content (AvgIpc) is 2.64. The Morgan fingerprint density at radius 2 is 1.81 bits per heavy atom. The van der Waals surface area contributed by atoms with Gasteiger partial charge >= 0.3 is 6.09 Å². The molecule has 0 unspecified atom stereocenters. The number of ether oxygens (including phenoxy) is 1. The van der Waals surface area contributed by atoms with Gasteiger partial charge in [0.15, 0.2) is 0 Å². The van der Waals surface area contributed by atoms with Gasteiger partial charge in [0.1, 0.15) is 5.82 Å². The highest BCUT2D eigenvalue weighted by Crippen LogP contribution is 2.23. The molecule has 1 aromatic carbocycles. The second kappa shape index (κ2) is 9.55. The number of piperazine rings is 1. The van der Waals surface area contributed by atoms with Crippen molar-refractivity contribution >= 4 is 35.2 Å². The van der Waals surface area contributed by atoms with Crippen molar-refractivity contribution in [3.8, 4) is 0 Å². The number of hydrogen-bond donors (Lipinski definition) is 0. The fourth-order valence-electron chi connectivity index (χ4n) is 2.84. The summed E-state index contributed by atoms with van der Waals surface area (Å²) < 4.78 is 18.3. The lowest BCUT2D eigenvalue weighted by atomic mass is 10.2. The molecule has 0 spiro atoms. The summed E-state index contributed by atoms with van der Waals surface area (Å²) in [6.07, 6.45) is -0.255. The quantitative estimate of drug-likeness (QED) is 0.762. The summed E-state index contributed by atoms with van der Waals surface area (Å²) in [5, 5.41) is -0.0832. The van der Waals surface area contributed by atoms with E-state index in [2.05, 4.69) is 0 Å². The fraction of sp³-hybridized carbons (Fsp3) is 0.500. The third-order valence-corrected chi connectivity index (χ3v) is 4.59. The molecule has 1 saturated heterocycles. The van der Waals surface area contributed by atoms with E-state index in [-0.39, 0.29) is 35.9 Å². The van der Waals surface area contributed by atoms with Crippen molar-refractivity contribution in [2.75, 3.05) is 44.2 Å². The van der Waals surface area contributed by atoms with E-state index in [1.165, 1.54) is 30.0 Å². The Hall–Kier alpha value is -2.35. The second-order valence-corrected chi connectivity index (χ2v) is 6.49. The highest BCUT2D eigenvalue weighted by atomic mass is 35.5. The Balaban J connectivity index is 1.90. The number of amides is 3. The second-order valence-electron chi connectivity index (χ2n) is 6.09. The molecule has 2 rings (SSSR count). The number of hydrogen-bond acceptors (Lipinski definition) is 4. The Morgan fingerprint density at radius 1 is 1.19 bits per heavy atom. The van der Waals surface area contributed by atoms with Crippen molar-refractivity contribution < 1.29 is 23.5 Å². The number of carbonyl (C=O) groups is 3. The van der Waals surface area contributed by atoms with Crippen LogP contribution in [0.1, 0.15) is 20.3 Å². The lowest BCUT2D eigenvalue weighted by Crippen LogP contribution is -2.51. The number of rotatable bonds is 5. The van der Waals surface area contributed by atoms with Crippen LogP contribution in [0.5, 0.6) is 0 Å². The molecule has 0 saturated carbocycles. The Morgan fingerprint density at radius 3 is 2.37 bits per heavy atom. The Bertz CT molecular complexity index is 708. The molecule has 27 heavy (non-hydrogen) atoms. The van der Waals surface area contributed by atoms with Crippen molar-refractivity contribution in [1.82, 2.24) is 9.80 Å². The molecule has 148 valence electrons. The molecule has 7 nitrogen and oxygen atoms in total. The molecular formula is C18H23ClFN3O4. The van der Waals surface area contributed by atoms with Gasteiger partial charge in [0.25, 0.3) is 0 Å². The smallest absolute Gasteiger partial charge is 0.409 e. The number of halogens is 2. The maximum absolute atomic E-state index is 13.3. The molecule has 1 aliphatic rings. The molecule has 1 aliphatic heterocycles. The lowest BCUT2D eigenvalue weighted by molar-refractivity contribution is -0.132. The van der Waals surface area contributed by atoms with Crippen molar-refractivity contribution in [1.29, 1.82) is 0 Å². The zero-order chi connectivity index (χ0) is 20.0. The van der Waals surface area contributed by atoms with Gasteiger partial charge in [-0.15, -0.1) is 0 Å². The van der Waals surface area contributed by atoms with E-state index in [0.717, 1.165) is 0 Å². The van der Waals surface area contributed by atoms with Crippen LogP contribution in [0.25, 0.3) is 0 Å². The van der Waals surface area contributed by atoms with Crippen molar-refractivity contribution in [2.24, 2.45) is 0 Å². The molecule has 9 heteroatoms. The first-order valence-electron chi connectivity index (χ1n) is 8.76. The van der Waals surface area contributed by atoms with Crippen molar-refractivity contribution in [2.45, 2.75) is 20.3 Å². The molecule has 1 fully saturated rings. The fourth-order valence-corrected chi connectivity index (χ4v) is 3.01. The van der Waals surface area contributed by atoms with Gasteiger partial charge in [0.05, 0.1) is 11.6 Å². The highest BCUT2D eigenvalue weighted by molar-refractivity contribution is 6.31. The SMILES string of the molecule is CCOC(=O)N1CCN(C(=O)CCN(C(C)=O)c2ccc(F)c(Cl)c2)CC1. The molecule has 1 aromatic rings. The predicted molar refractivity (Wildman–Crippen MR) is 99.2 cm³/mol. The van der Waals surface area contributed by atoms with Crippen LogP contribution < -0.4 is 4.90 Å². The van der Waals surface area contributed by atoms with Crippen LogP contribution in [-0.2, 0) is 14.3 Å². The number of carbonyl (C=O) groups excluding carboxylic acids is 3. The number of benzene rings is 1. The van der Waals surface area contributed by atoms with Crippen LogP contribution in [0.2, 0.25) is 5.02 Å². The first kappa shape index (κ1) is 21.0. The largest absolute Gasteiger partial charge is 0.450 e. The summed E-state index contributed by atoms with van der Waals surface area (Å²) in [4.78, 5) is 40.7. The Kier molecular flexibility index (Phi) is 7.41. The van der Waals surface area contributed by atoms with E-state index in [9.17, 15) is 18.8 Å². The van der Waals surface area contributed by atoms with Gasteiger partial charge in [-0.1, -0.05) is 11.6 Å². The minimum atomic E-state index is -0.570. The van der Waals surface area contributed by atoms with E-state index >= 15 is 0 Å². The van der Waals surface area contributed by atoms with Crippen molar-refractivity contribution in [3.63, 3.8) is 0 Å². The van der Waals surface area contributed by atoms with E-state index in [1.807, 2.05) is 0 Å². The summed E-state index contributed by atoms with van der Waals surface area (Å²) in [6, 6.07) is 4.00. The van der Waals surface area contributed by atoms with E-state index in [0.29, 0.717) is 38.5 Å². The molecule has 0 aromatic heterocycles. The van der Waals surface area contributed by atoms with Gasteiger partial charge in [-0.3, -0.25) is 9.59 Å². The zero-order valence-electron chi connectivity index (χ0n) is 15.4. The maximum atomic E-state index is 13.3. The van der Waals surface area contributed by atoms with Crippen LogP contribution in [0.15, 0.2) is 18.2 Å². The topological polar surface area (TPSA) is 70.2 Å². The normalized spacial score (nSPS) is 14.1. The third kappa shape index (κ3) is 5.56. The molecule has 0 bridgehead atoms. The van der Waals surface area contributed by atoms with Gasteiger partial charge in [0.2, 0.25) is 11.8 Å². The van der Waals surface area contributed by atoms with E-state index in [4.69, 9.17) is 16.3 Å². The average molecular weight is 400 g/mol. The van der Waals surface area contributed by atoms with E-state index < -0.39 is 5.82 Å². The maximum Gasteiger partial charge on any atom is 0.409 e. The van der Waals surface area contributed by atoms with Crippen molar-refractivity contribution in [3.05, 3.63) is 29.0 Å². The molecule has 3 amide bonds. The summed E-state index contributed by atoms with van der Waals surface area (Å²) in [5.74, 6) is -0.949. The van der Waals surface area contributed by atoms with Gasteiger partial charge in [-0.2, -0.15) is 0 Å². The first-order chi connectivity index (χ1) is 12.8. The monoisotopic (exact) mass is 399 g/mol. The molecule has 0 N–H and O–H groups in total. The number of anilines is 1. The summed E-state index contributed by atoms with van der Waals surface area (Å²) in [7, 11) is 0. The summed E-state index contributed by atoms with van der Waals surface area (Å²) in [5.41, 5.74) is 0.439. The Labute approximate surface area is 162 Å². The van der Waals surface area contributed by atoms with Crippen LogP contribution in [0, 0.1) is 5.82 Å². The minimum absolute atomic E-state index is 0.0832. The van der Waals surface area contributed by atoms with Gasteiger partial charge < -0.3 is 19.4 Å². The van der Waals surface area contributed by atoms with Crippen LogP contribution >= 0.6 is 11.6 Å². The highest BCUT2D eigenvalue weighted by Gasteiger charge is 2.25. The van der Waals surface area contributed by atoms with Gasteiger partial charge in [-0.05, 0) is 25.1 Å². The standard InChI is InChI=1S/C18H23ClFN3O4/c1-3-27-18(26)22-10-8-21(9-11-22)17(25)6-7-23(13(2)24)14-4-5-16(20)15(19)12-14/h4-5,12H,3,6-11H2,1-2H3. The van der Waals surface area contributed by atoms with Crippen LogP contribution in [-0.4, -0.2) is 67.0 Å². The summed E-state index contributed by atoms with van der Waals surface area (Å²) >= 11 is 5.78. The third-order valence-electron chi connectivity index (χ3n) is 4.30. The number of nitrogens with zero attached hydrogens (tertiary/aromatic N) is 3. The minimum Gasteiger partial charge on any atom is -0.450 e. The van der Waals surface area contributed by atoms with Crippen LogP contribution in [0.3, 0.4) is 0 Å². The summed E-state index contributed by atoms with van der Waals surface area (Å²) in [6.45, 7) is 5.25. The predicted octanol–water partition coefficient (Wildman–Crippen LogP) is 2.52. The van der Waals surface area contributed by atoms with Gasteiger partial charge in [0, 0.05) is 51.8 Å². The molecule has 0 radical (unpaired) electrons.